The normalized spacial score (nSPS) is 23.2. The van der Waals surface area contributed by atoms with E-state index >= 15 is 0 Å². The maximum absolute atomic E-state index is 13.1. The van der Waals surface area contributed by atoms with Crippen LogP contribution < -0.4 is 20.0 Å². The van der Waals surface area contributed by atoms with Crippen molar-refractivity contribution >= 4 is 11.4 Å². The number of hydrogen-bond acceptors (Lipinski definition) is 4. The molecule has 164 valence electrons. The molecule has 0 aromatic heterocycles. The molecule has 0 atom stereocenters. The quantitative estimate of drug-likeness (QED) is 0.735. The van der Waals surface area contributed by atoms with Crippen LogP contribution in [0.5, 0.6) is 0 Å². The highest BCUT2D eigenvalue weighted by atomic mass is 16.3. The maximum Gasteiger partial charge on any atom is 0.0447 e. The zero-order valence-electron chi connectivity index (χ0n) is 19.5. The first-order valence-corrected chi connectivity index (χ1v) is 11.0. The van der Waals surface area contributed by atoms with Crippen molar-refractivity contribution in [2.75, 3.05) is 23.9 Å². The molecule has 0 N–H and O–H groups in total. The summed E-state index contributed by atoms with van der Waals surface area (Å²) in [6.45, 7) is 8.54. The van der Waals surface area contributed by atoms with Crippen molar-refractivity contribution < 1.29 is 10.2 Å². The average molecular weight is 425 g/mol. The van der Waals surface area contributed by atoms with Gasteiger partial charge in [-0.15, -0.1) is 0 Å². The first-order valence-electron chi connectivity index (χ1n) is 11.0. The Bertz CT molecular complexity index is 1160. The van der Waals surface area contributed by atoms with Gasteiger partial charge in [0, 0.05) is 47.7 Å². The van der Waals surface area contributed by atoms with Gasteiger partial charge in [0.25, 0.3) is 0 Å². The standard InChI is InChI=1S/C28H30N2O2/c1-27(2)19-11-7-9-13-21(19)29(5)23(27)15-17-25(31)18(26(17)32)16-24-28(3,4)20-12-8-10-14-22(20)30(24)6/h7-16,31-32H,1-6H3/p-2/b23-15+,24-16+. The molecule has 0 unspecified atom stereocenters. The van der Waals surface area contributed by atoms with Crippen LogP contribution in [0.3, 0.4) is 0 Å². The van der Waals surface area contributed by atoms with Crippen LogP contribution in [-0.4, -0.2) is 14.1 Å². The molecule has 0 radical (unpaired) electrons. The molecule has 0 fully saturated rings. The van der Waals surface area contributed by atoms with Crippen molar-refractivity contribution in [3.8, 4) is 0 Å². The Morgan fingerprint density at radius 1 is 0.625 bits per heavy atom. The number of benzene rings is 2. The molecule has 2 aliphatic heterocycles. The number of anilines is 2. The van der Waals surface area contributed by atoms with Gasteiger partial charge in [0.05, 0.1) is 0 Å². The van der Waals surface area contributed by atoms with E-state index in [1.165, 1.54) is 11.1 Å². The second-order valence-corrected chi connectivity index (χ2v) is 9.95. The minimum atomic E-state index is -0.275. The van der Waals surface area contributed by atoms with Crippen molar-refractivity contribution in [1.29, 1.82) is 0 Å². The smallest absolute Gasteiger partial charge is 0.0447 e. The molecule has 0 spiro atoms. The van der Waals surface area contributed by atoms with Crippen LogP contribution in [0.1, 0.15) is 38.8 Å². The highest BCUT2D eigenvalue weighted by molar-refractivity contribution is 5.74. The maximum atomic E-state index is 13.1. The number of rotatable bonds is 2. The zero-order valence-corrected chi connectivity index (χ0v) is 19.5. The van der Waals surface area contributed by atoms with Gasteiger partial charge in [-0.3, -0.25) is 0 Å². The molecule has 0 saturated carbocycles. The topological polar surface area (TPSA) is 52.6 Å². The van der Waals surface area contributed by atoms with Crippen LogP contribution in [0.25, 0.3) is 0 Å². The van der Waals surface area contributed by atoms with E-state index in [1.807, 2.05) is 38.4 Å². The number of para-hydroxylation sites is 2. The van der Waals surface area contributed by atoms with E-state index in [4.69, 9.17) is 0 Å². The van der Waals surface area contributed by atoms with Crippen LogP contribution in [0.15, 0.2) is 94.7 Å². The summed E-state index contributed by atoms with van der Waals surface area (Å²) < 4.78 is 0. The molecule has 0 bridgehead atoms. The lowest BCUT2D eigenvalue weighted by Gasteiger charge is -2.39. The molecule has 2 aromatic rings. The molecule has 3 aliphatic rings. The summed E-state index contributed by atoms with van der Waals surface area (Å²) in [5.74, 6) is -0.342. The third-order valence-corrected chi connectivity index (χ3v) is 7.42. The number of nitrogens with zero attached hydrogens (tertiary/aromatic N) is 2. The molecule has 2 aromatic carbocycles. The molecule has 4 nitrogen and oxygen atoms in total. The highest BCUT2D eigenvalue weighted by Gasteiger charge is 2.40. The number of likely N-dealkylation sites (N-methyl/N-ethyl adjacent to an activating group) is 2. The third kappa shape index (κ3) is 2.56. The molecular formula is C28H28N2O2-2. The summed E-state index contributed by atoms with van der Waals surface area (Å²) in [5.41, 5.74) is 6.56. The van der Waals surface area contributed by atoms with Gasteiger partial charge in [0.2, 0.25) is 0 Å². The summed E-state index contributed by atoms with van der Waals surface area (Å²) in [5, 5.41) is 26.2. The predicted octanol–water partition coefficient (Wildman–Crippen LogP) is 3.85. The molecule has 4 heteroatoms. The Morgan fingerprint density at radius 2 is 0.969 bits per heavy atom. The molecule has 0 amide bonds. The average Bonchev–Trinajstić information content (AvgIpc) is 3.09. The van der Waals surface area contributed by atoms with E-state index in [0.717, 1.165) is 22.8 Å². The molecule has 5 rings (SSSR count). The number of hydrogen-bond donors (Lipinski definition) is 0. The van der Waals surface area contributed by atoms with E-state index < -0.39 is 0 Å². The van der Waals surface area contributed by atoms with Crippen LogP contribution in [0.2, 0.25) is 0 Å². The predicted molar refractivity (Wildman–Crippen MR) is 126 cm³/mol. The van der Waals surface area contributed by atoms with Crippen molar-refractivity contribution in [3.63, 3.8) is 0 Å². The van der Waals surface area contributed by atoms with E-state index in [-0.39, 0.29) is 33.5 Å². The minimum Gasteiger partial charge on any atom is -0.872 e. The lowest BCUT2D eigenvalue weighted by Crippen LogP contribution is -2.31. The fraction of sp³-hybridized carbons (Fsp3) is 0.286. The van der Waals surface area contributed by atoms with Crippen LogP contribution >= 0.6 is 0 Å². The van der Waals surface area contributed by atoms with Crippen LogP contribution in [-0.2, 0) is 10.8 Å². The first-order chi connectivity index (χ1) is 15.1. The highest BCUT2D eigenvalue weighted by Crippen LogP contribution is 2.50. The van der Waals surface area contributed by atoms with Gasteiger partial charge in [0.1, 0.15) is 0 Å². The van der Waals surface area contributed by atoms with Gasteiger partial charge in [-0.25, -0.2) is 0 Å². The third-order valence-electron chi connectivity index (χ3n) is 7.42. The molecular weight excluding hydrogens is 396 g/mol. The second kappa shape index (κ2) is 6.55. The number of fused-ring (bicyclic) bond motifs is 2. The fourth-order valence-electron chi connectivity index (χ4n) is 5.49. The van der Waals surface area contributed by atoms with Gasteiger partial charge < -0.3 is 20.0 Å². The Kier molecular flexibility index (Phi) is 4.20. The second-order valence-electron chi connectivity index (χ2n) is 9.95. The first kappa shape index (κ1) is 20.5. The van der Waals surface area contributed by atoms with Gasteiger partial charge >= 0.3 is 0 Å². The zero-order chi connectivity index (χ0) is 23.0. The summed E-state index contributed by atoms with van der Waals surface area (Å²) >= 11 is 0. The summed E-state index contributed by atoms with van der Waals surface area (Å²) in [6.07, 6.45) is 3.59. The van der Waals surface area contributed by atoms with Crippen LogP contribution in [0.4, 0.5) is 11.4 Å². The fourth-order valence-corrected chi connectivity index (χ4v) is 5.49. The van der Waals surface area contributed by atoms with E-state index in [0.29, 0.717) is 0 Å². The van der Waals surface area contributed by atoms with Gasteiger partial charge in [-0.05, 0) is 46.6 Å². The van der Waals surface area contributed by atoms with E-state index in [1.54, 1.807) is 12.2 Å². The lowest BCUT2D eigenvalue weighted by atomic mass is 9.80. The molecule has 1 aliphatic carbocycles. The molecule has 32 heavy (non-hydrogen) atoms. The monoisotopic (exact) mass is 424 g/mol. The molecule has 0 saturated heterocycles. The SMILES string of the molecule is CN1/C(=C/C2=C([O-])C(/C=C3/N(C)c4ccccc4C3(C)C)=C2[O-])C(C)(C)c2ccccc21. The van der Waals surface area contributed by atoms with E-state index in [9.17, 15) is 10.2 Å². The Balaban J connectivity index is 1.52. The van der Waals surface area contributed by atoms with E-state index in [2.05, 4.69) is 61.8 Å². The van der Waals surface area contributed by atoms with Gasteiger partial charge in [-0.2, -0.15) is 0 Å². The van der Waals surface area contributed by atoms with Crippen LogP contribution in [0, 0.1) is 0 Å². The largest absolute Gasteiger partial charge is 0.872 e. The lowest BCUT2D eigenvalue weighted by molar-refractivity contribution is -0.329. The van der Waals surface area contributed by atoms with Crippen molar-refractivity contribution in [1.82, 2.24) is 0 Å². The Hall–Kier alpha value is -3.40. The minimum absolute atomic E-state index is 0.171. The van der Waals surface area contributed by atoms with Gasteiger partial charge in [-0.1, -0.05) is 75.6 Å². The summed E-state index contributed by atoms with van der Waals surface area (Å²) in [7, 11) is 3.99. The molecule has 2 heterocycles. The Morgan fingerprint density at radius 3 is 1.31 bits per heavy atom. The summed E-state index contributed by atoms with van der Waals surface area (Å²) in [4.78, 5) is 4.17. The van der Waals surface area contributed by atoms with Crippen molar-refractivity contribution in [2.45, 2.75) is 38.5 Å². The van der Waals surface area contributed by atoms with Crippen molar-refractivity contribution in [2.24, 2.45) is 0 Å². The Labute approximate surface area is 190 Å². The number of allylic oxidation sites excluding steroid dienone is 4. The van der Waals surface area contributed by atoms with Crippen molar-refractivity contribution in [3.05, 3.63) is 106 Å². The summed E-state index contributed by atoms with van der Waals surface area (Å²) in [6, 6.07) is 16.4. The van der Waals surface area contributed by atoms with Gasteiger partial charge in [0.15, 0.2) is 0 Å².